The first-order valence-electron chi connectivity index (χ1n) is 12.4. The summed E-state index contributed by atoms with van der Waals surface area (Å²) in [5.41, 5.74) is 3.27. The zero-order chi connectivity index (χ0) is 28.5. The van der Waals surface area contributed by atoms with Crippen LogP contribution < -0.4 is 0 Å². The number of carbonyl (C=O) groups excluding carboxylic acids is 2. The highest BCUT2D eigenvalue weighted by molar-refractivity contribution is 5.91. The summed E-state index contributed by atoms with van der Waals surface area (Å²) in [6.07, 6.45) is 3.26. The van der Waals surface area contributed by atoms with Crippen LogP contribution in [-0.2, 0) is 9.47 Å². The van der Waals surface area contributed by atoms with Crippen molar-refractivity contribution in [2.75, 3.05) is 14.2 Å². The van der Waals surface area contributed by atoms with Crippen molar-refractivity contribution in [3.05, 3.63) is 130 Å². The summed E-state index contributed by atoms with van der Waals surface area (Å²) >= 11 is 0. The van der Waals surface area contributed by atoms with E-state index in [0.29, 0.717) is 33.4 Å². The zero-order valence-electron chi connectivity index (χ0n) is 22.0. The summed E-state index contributed by atoms with van der Waals surface area (Å²) in [4.78, 5) is 33.2. The molecule has 0 aliphatic carbocycles. The van der Waals surface area contributed by atoms with Gasteiger partial charge in [0.2, 0.25) is 0 Å². The number of hydrogen-bond donors (Lipinski definition) is 2. The van der Waals surface area contributed by atoms with Crippen molar-refractivity contribution in [3.8, 4) is 11.5 Å². The molecule has 0 fully saturated rings. The van der Waals surface area contributed by atoms with Crippen molar-refractivity contribution >= 4 is 24.4 Å². The molecule has 0 heterocycles. The van der Waals surface area contributed by atoms with Crippen molar-refractivity contribution in [1.82, 2.24) is 0 Å². The summed E-state index contributed by atoms with van der Waals surface area (Å²) in [6, 6.07) is 25.7. The molecule has 0 aliphatic rings. The van der Waals surface area contributed by atoms with Gasteiger partial charge >= 0.3 is 11.9 Å². The van der Waals surface area contributed by atoms with Crippen LogP contribution in [0.1, 0.15) is 55.1 Å². The molecule has 4 aromatic carbocycles. The Morgan fingerprint density at radius 1 is 0.600 bits per heavy atom. The number of rotatable bonds is 9. The zero-order valence-corrected chi connectivity index (χ0v) is 22.0. The molecule has 0 saturated carbocycles. The monoisotopic (exact) mass is 536 g/mol. The fourth-order valence-corrected chi connectivity index (χ4v) is 4.12. The van der Waals surface area contributed by atoms with E-state index in [1.165, 1.54) is 14.2 Å². The van der Waals surface area contributed by atoms with Gasteiger partial charge in [-0.05, 0) is 47.5 Å². The molecular weight excluding hydrogens is 508 g/mol. The minimum atomic E-state index is -0.736. The van der Waals surface area contributed by atoms with Gasteiger partial charge in [0.25, 0.3) is 0 Å². The first kappa shape index (κ1) is 27.8. The van der Waals surface area contributed by atoms with Crippen molar-refractivity contribution < 1.29 is 29.3 Å². The number of esters is 2. The maximum absolute atomic E-state index is 11.8. The van der Waals surface area contributed by atoms with Crippen LogP contribution in [0.5, 0.6) is 11.5 Å². The number of ether oxygens (including phenoxy) is 2. The summed E-state index contributed by atoms with van der Waals surface area (Å²) in [6.45, 7) is 0. The van der Waals surface area contributed by atoms with Gasteiger partial charge in [-0.25, -0.2) is 9.59 Å². The van der Waals surface area contributed by atoms with Crippen LogP contribution in [0.3, 0.4) is 0 Å². The van der Waals surface area contributed by atoms with Crippen LogP contribution in [0.25, 0.3) is 0 Å². The summed E-state index contributed by atoms with van der Waals surface area (Å²) < 4.78 is 9.52. The molecule has 0 aromatic heterocycles. The Balaban J connectivity index is 1.77. The van der Waals surface area contributed by atoms with E-state index in [2.05, 4.69) is 0 Å². The third kappa shape index (κ3) is 6.60. The highest BCUT2D eigenvalue weighted by atomic mass is 16.5. The SMILES string of the molecule is COC(=O)c1ccc(C=N[C@H](c2ccccc2O)[C@@H](N=Cc2ccc(C(=O)OC)cc2)c2ccccc2O)cc1. The number of carbonyl (C=O) groups is 2. The Morgan fingerprint density at radius 2 is 0.950 bits per heavy atom. The lowest BCUT2D eigenvalue weighted by Gasteiger charge is -2.23. The first-order valence-corrected chi connectivity index (χ1v) is 12.4. The third-order valence-corrected chi connectivity index (χ3v) is 6.24. The number of nitrogens with zero attached hydrogens (tertiary/aromatic N) is 2. The average Bonchev–Trinajstić information content (AvgIpc) is 2.99. The second-order valence-electron chi connectivity index (χ2n) is 8.79. The number of aliphatic imine (C=N–C) groups is 2. The average molecular weight is 537 g/mol. The van der Waals surface area contributed by atoms with Crippen LogP contribution in [0, 0.1) is 0 Å². The smallest absolute Gasteiger partial charge is 0.337 e. The summed E-state index contributed by atoms with van der Waals surface area (Å²) in [5.74, 6) is -0.819. The van der Waals surface area contributed by atoms with E-state index in [0.717, 1.165) is 0 Å². The minimum Gasteiger partial charge on any atom is -0.508 e. The van der Waals surface area contributed by atoms with E-state index in [9.17, 15) is 19.8 Å². The van der Waals surface area contributed by atoms with Gasteiger partial charge < -0.3 is 19.7 Å². The molecule has 2 N–H and O–H groups in total. The molecule has 0 unspecified atom stereocenters. The molecule has 202 valence electrons. The third-order valence-electron chi connectivity index (χ3n) is 6.24. The van der Waals surface area contributed by atoms with Crippen molar-refractivity contribution in [3.63, 3.8) is 0 Å². The van der Waals surface area contributed by atoms with Crippen molar-refractivity contribution in [2.24, 2.45) is 9.98 Å². The van der Waals surface area contributed by atoms with E-state index in [-0.39, 0.29) is 11.5 Å². The molecule has 0 radical (unpaired) electrons. The summed E-state index contributed by atoms with van der Waals surface area (Å²) in [5, 5.41) is 21.6. The van der Waals surface area contributed by atoms with Crippen molar-refractivity contribution in [2.45, 2.75) is 12.1 Å². The fourth-order valence-electron chi connectivity index (χ4n) is 4.12. The molecule has 0 saturated heterocycles. The molecule has 0 aliphatic heterocycles. The number of benzene rings is 4. The molecule has 0 spiro atoms. The largest absolute Gasteiger partial charge is 0.508 e. The first-order chi connectivity index (χ1) is 19.4. The lowest BCUT2D eigenvalue weighted by atomic mass is 9.92. The van der Waals surface area contributed by atoms with Crippen LogP contribution in [0.4, 0.5) is 0 Å². The van der Waals surface area contributed by atoms with Gasteiger partial charge in [-0.15, -0.1) is 0 Å². The number of hydrogen-bond acceptors (Lipinski definition) is 8. The molecular formula is C32H28N2O6. The molecule has 8 nitrogen and oxygen atoms in total. The van der Waals surface area contributed by atoms with Gasteiger partial charge in [0.05, 0.1) is 25.3 Å². The second kappa shape index (κ2) is 13.0. The molecule has 4 rings (SSSR count). The topological polar surface area (TPSA) is 118 Å². The lowest BCUT2D eigenvalue weighted by Crippen LogP contribution is -2.10. The van der Waals surface area contributed by atoms with E-state index < -0.39 is 24.0 Å². The molecule has 40 heavy (non-hydrogen) atoms. The number of phenolic OH excluding ortho intramolecular Hbond substituents is 2. The van der Waals surface area contributed by atoms with E-state index >= 15 is 0 Å². The van der Waals surface area contributed by atoms with Gasteiger partial charge in [-0.1, -0.05) is 60.7 Å². The van der Waals surface area contributed by atoms with Gasteiger partial charge in [0.15, 0.2) is 0 Å². The van der Waals surface area contributed by atoms with Gasteiger partial charge in [0.1, 0.15) is 23.6 Å². The fraction of sp³-hybridized carbons (Fsp3) is 0.125. The van der Waals surface area contributed by atoms with Gasteiger partial charge in [-0.3, -0.25) is 9.98 Å². The minimum absolute atomic E-state index is 0.0312. The van der Waals surface area contributed by atoms with Crippen LogP contribution in [-0.4, -0.2) is 48.8 Å². The van der Waals surface area contributed by atoms with Gasteiger partial charge in [0, 0.05) is 23.6 Å². The second-order valence-corrected chi connectivity index (χ2v) is 8.79. The van der Waals surface area contributed by atoms with E-state index in [1.54, 1.807) is 109 Å². The predicted molar refractivity (Wildman–Crippen MR) is 152 cm³/mol. The predicted octanol–water partition coefficient (Wildman–Crippen LogP) is 5.69. The number of para-hydroxylation sites is 2. The van der Waals surface area contributed by atoms with Crippen LogP contribution in [0.2, 0.25) is 0 Å². The molecule has 2 atom stereocenters. The van der Waals surface area contributed by atoms with E-state index in [4.69, 9.17) is 19.5 Å². The highest BCUT2D eigenvalue weighted by Crippen LogP contribution is 2.41. The highest BCUT2D eigenvalue weighted by Gasteiger charge is 2.27. The van der Waals surface area contributed by atoms with Crippen LogP contribution >= 0.6 is 0 Å². The Bertz CT molecular complexity index is 1410. The van der Waals surface area contributed by atoms with E-state index in [1.807, 2.05) is 0 Å². The Morgan fingerprint density at radius 3 is 1.27 bits per heavy atom. The standard InChI is InChI=1S/C32H28N2O6/c1-39-31(37)23-15-11-21(12-16-23)19-33-29(25-7-3-5-9-27(25)35)30(26-8-4-6-10-28(26)36)34-20-22-13-17-24(18-14-22)32(38)40-2/h3-20,29-30,35-36H,1-2H3/t29-,30+. The molecule has 0 bridgehead atoms. The summed E-state index contributed by atoms with van der Waals surface area (Å²) in [7, 11) is 2.64. The number of methoxy groups -OCH3 is 2. The van der Waals surface area contributed by atoms with Crippen LogP contribution in [0.15, 0.2) is 107 Å². The van der Waals surface area contributed by atoms with Gasteiger partial charge in [-0.2, -0.15) is 0 Å². The normalized spacial score (nSPS) is 12.8. The Kier molecular flexibility index (Phi) is 9.04. The number of phenols is 2. The molecule has 4 aromatic rings. The maximum atomic E-state index is 11.8. The Labute approximate surface area is 231 Å². The number of aromatic hydroxyl groups is 2. The quantitative estimate of drug-likeness (QED) is 0.210. The Hall–Kier alpha value is -5.24. The molecule has 8 heteroatoms. The maximum Gasteiger partial charge on any atom is 0.337 e. The van der Waals surface area contributed by atoms with Crippen molar-refractivity contribution in [1.29, 1.82) is 0 Å². The lowest BCUT2D eigenvalue weighted by molar-refractivity contribution is 0.0592. The molecule has 0 amide bonds.